The molecule has 1 aromatic carbocycles. The zero-order valence-electron chi connectivity index (χ0n) is 18.6. The third kappa shape index (κ3) is 3.36. The fourth-order valence-electron chi connectivity index (χ4n) is 4.70. The summed E-state index contributed by atoms with van der Waals surface area (Å²) in [6.07, 6.45) is 5.36. The first-order valence-electron chi connectivity index (χ1n) is 10.8. The predicted octanol–water partition coefficient (Wildman–Crippen LogP) is 2.90. The van der Waals surface area contributed by atoms with Crippen molar-refractivity contribution in [3.63, 3.8) is 0 Å². The molecule has 2 atom stereocenters. The van der Waals surface area contributed by atoms with Gasteiger partial charge in [-0.15, -0.1) is 10.2 Å². The van der Waals surface area contributed by atoms with Crippen molar-refractivity contribution in [2.24, 2.45) is 7.05 Å². The molecule has 5 heterocycles. The highest BCUT2D eigenvalue weighted by molar-refractivity contribution is 6.31. The standard InChI is InChI=1S/C22H18ClFN10O/c1-11-5-17(22-25-8-14(28-22)18-9-26-30-32(18)2)34-16(11)6-12(7-19(34)35)20-15(33-10-27-29-31-33)4-3-13(23)21(20)24/h3-4,6-11,17H,5H2,1-2H3,(H,25,28)/t11-,17-/m0/s1. The van der Waals surface area contributed by atoms with Gasteiger partial charge in [0.05, 0.1) is 34.8 Å². The lowest BCUT2D eigenvalue weighted by Crippen LogP contribution is -2.24. The average Bonchev–Trinajstić information content (AvgIpc) is 3.63. The zero-order valence-corrected chi connectivity index (χ0v) is 19.3. The Bertz CT molecular complexity index is 1620. The maximum absolute atomic E-state index is 15.3. The summed E-state index contributed by atoms with van der Waals surface area (Å²) in [7, 11) is 1.79. The van der Waals surface area contributed by atoms with Gasteiger partial charge < -0.3 is 9.55 Å². The summed E-state index contributed by atoms with van der Waals surface area (Å²) in [4.78, 5) is 21.3. The highest BCUT2D eigenvalue weighted by atomic mass is 35.5. The molecule has 0 unspecified atom stereocenters. The van der Waals surface area contributed by atoms with E-state index in [9.17, 15) is 4.79 Å². The van der Waals surface area contributed by atoms with Crippen molar-refractivity contribution in [3.05, 3.63) is 75.7 Å². The lowest BCUT2D eigenvalue weighted by Gasteiger charge is -2.15. The normalized spacial score (nSPS) is 17.1. The lowest BCUT2D eigenvalue weighted by molar-refractivity contribution is 0.556. The van der Waals surface area contributed by atoms with Gasteiger partial charge in [0.2, 0.25) is 0 Å². The van der Waals surface area contributed by atoms with Crippen LogP contribution in [0.2, 0.25) is 5.02 Å². The molecule has 0 saturated heterocycles. The Labute approximate surface area is 202 Å². The molecule has 11 nitrogen and oxygen atoms in total. The summed E-state index contributed by atoms with van der Waals surface area (Å²) in [6, 6.07) is 5.99. The maximum atomic E-state index is 15.3. The summed E-state index contributed by atoms with van der Waals surface area (Å²) in [5.74, 6) is 0.0370. The summed E-state index contributed by atoms with van der Waals surface area (Å²) in [6.45, 7) is 2.03. The second kappa shape index (κ2) is 7.94. The van der Waals surface area contributed by atoms with Gasteiger partial charge in [-0.05, 0) is 46.5 Å². The Balaban J connectivity index is 1.47. The molecule has 1 aliphatic heterocycles. The molecule has 4 aromatic heterocycles. The smallest absolute Gasteiger partial charge is 0.252 e. The summed E-state index contributed by atoms with van der Waals surface area (Å²) >= 11 is 6.10. The number of hydrogen-bond acceptors (Lipinski definition) is 7. The van der Waals surface area contributed by atoms with Crippen LogP contribution in [0.3, 0.4) is 0 Å². The number of fused-ring (bicyclic) bond motifs is 1. The number of pyridine rings is 1. The van der Waals surface area contributed by atoms with Crippen LogP contribution in [0, 0.1) is 5.82 Å². The van der Waals surface area contributed by atoms with Crippen molar-refractivity contribution < 1.29 is 4.39 Å². The topological polar surface area (TPSA) is 125 Å². The van der Waals surface area contributed by atoms with Crippen LogP contribution in [-0.4, -0.2) is 49.7 Å². The van der Waals surface area contributed by atoms with E-state index in [1.165, 1.54) is 23.1 Å². The van der Waals surface area contributed by atoms with Crippen LogP contribution in [0.15, 0.2) is 47.8 Å². The predicted molar refractivity (Wildman–Crippen MR) is 124 cm³/mol. The molecule has 0 bridgehead atoms. The van der Waals surface area contributed by atoms with E-state index in [-0.39, 0.29) is 28.1 Å². The van der Waals surface area contributed by atoms with Crippen LogP contribution < -0.4 is 5.56 Å². The quantitative estimate of drug-likeness (QED) is 0.409. The van der Waals surface area contributed by atoms with Crippen LogP contribution in [0.4, 0.5) is 4.39 Å². The van der Waals surface area contributed by atoms with Crippen LogP contribution in [0.1, 0.15) is 36.8 Å². The molecule has 1 aliphatic rings. The fraction of sp³-hybridized carbons (Fsp3) is 0.227. The summed E-state index contributed by atoms with van der Waals surface area (Å²) < 4.78 is 20.0. The molecule has 1 N–H and O–H groups in total. The Morgan fingerprint density at radius 1 is 1.17 bits per heavy atom. The van der Waals surface area contributed by atoms with E-state index >= 15 is 4.39 Å². The molecule has 0 saturated carbocycles. The number of rotatable bonds is 4. The molecule has 0 aliphatic carbocycles. The maximum Gasteiger partial charge on any atom is 0.252 e. The van der Waals surface area contributed by atoms with E-state index in [2.05, 4.69) is 35.8 Å². The lowest BCUT2D eigenvalue weighted by atomic mass is 9.99. The van der Waals surface area contributed by atoms with Crippen molar-refractivity contribution >= 4 is 11.6 Å². The fourth-order valence-corrected chi connectivity index (χ4v) is 4.86. The Kier molecular flexibility index (Phi) is 4.85. The molecule has 5 aromatic rings. The number of benzene rings is 1. The molecule has 6 rings (SSSR count). The van der Waals surface area contributed by atoms with Gasteiger partial charge >= 0.3 is 0 Å². The zero-order chi connectivity index (χ0) is 24.3. The Morgan fingerprint density at radius 2 is 2.03 bits per heavy atom. The first-order chi connectivity index (χ1) is 16.9. The van der Waals surface area contributed by atoms with Crippen molar-refractivity contribution in [2.75, 3.05) is 0 Å². The number of nitrogens with one attached hydrogen (secondary N) is 1. The Morgan fingerprint density at radius 3 is 2.77 bits per heavy atom. The van der Waals surface area contributed by atoms with Gasteiger partial charge in [0.25, 0.3) is 5.56 Å². The van der Waals surface area contributed by atoms with Gasteiger partial charge in [-0.1, -0.05) is 23.7 Å². The number of hydrogen-bond donors (Lipinski definition) is 1. The summed E-state index contributed by atoms with van der Waals surface area (Å²) in [5, 5.41) is 18.9. The number of nitrogens with zero attached hydrogens (tertiary/aromatic N) is 9. The minimum absolute atomic E-state index is 0.0262. The molecular formula is C22H18ClFN10O. The average molecular weight is 493 g/mol. The molecule has 0 radical (unpaired) electrons. The van der Waals surface area contributed by atoms with E-state index in [1.807, 2.05) is 13.0 Å². The van der Waals surface area contributed by atoms with Crippen LogP contribution in [0.5, 0.6) is 0 Å². The Hall–Kier alpha value is -4.19. The van der Waals surface area contributed by atoms with Gasteiger partial charge in [0.1, 0.15) is 17.8 Å². The molecule has 35 heavy (non-hydrogen) atoms. The molecule has 13 heteroatoms. The van der Waals surface area contributed by atoms with Crippen molar-refractivity contribution in [3.8, 4) is 28.2 Å². The minimum atomic E-state index is -0.647. The molecule has 0 amide bonds. The van der Waals surface area contributed by atoms with E-state index in [0.29, 0.717) is 23.5 Å². The van der Waals surface area contributed by atoms with Crippen molar-refractivity contribution in [1.82, 2.24) is 49.7 Å². The number of aryl methyl sites for hydroxylation is 1. The van der Waals surface area contributed by atoms with Gasteiger partial charge in [0, 0.05) is 24.4 Å². The largest absolute Gasteiger partial charge is 0.339 e. The molecule has 0 spiro atoms. The van der Waals surface area contributed by atoms with Crippen LogP contribution in [0.25, 0.3) is 28.2 Å². The molecule has 176 valence electrons. The first kappa shape index (κ1) is 21.4. The molecular weight excluding hydrogens is 475 g/mol. The van der Waals surface area contributed by atoms with Gasteiger partial charge in [-0.2, -0.15) is 4.68 Å². The number of H-pyrrole nitrogens is 1. The number of tetrazole rings is 1. The number of aromatic nitrogens is 10. The van der Waals surface area contributed by atoms with E-state index < -0.39 is 5.82 Å². The first-order valence-corrected chi connectivity index (χ1v) is 11.2. The van der Waals surface area contributed by atoms with Gasteiger partial charge in [0.15, 0.2) is 5.82 Å². The van der Waals surface area contributed by atoms with Crippen molar-refractivity contribution in [2.45, 2.75) is 25.3 Å². The summed E-state index contributed by atoms with van der Waals surface area (Å²) in [5.41, 5.74) is 2.98. The van der Waals surface area contributed by atoms with E-state index in [0.717, 1.165) is 17.1 Å². The minimum Gasteiger partial charge on any atom is -0.339 e. The highest BCUT2D eigenvalue weighted by Crippen LogP contribution is 2.40. The third-order valence-electron chi connectivity index (χ3n) is 6.35. The van der Waals surface area contributed by atoms with Crippen LogP contribution in [-0.2, 0) is 7.05 Å². The van der Waals surface area contributed by atoms with Gasteiger partial charge in [-0.25, -0.2) is 14.1 Å². The van der Waals surface area contributed by atoms with E-state index in [1.54, 1.807) is 34.8 Å². The SMILES string of the molecule is C[C@H]1C[C@@H](c2ncc(-c3cnnn3C)[nH]2)n2c1cc(-c1c(-n3cnnn3)ccc(Cl)c1F)cc2=O. The number of imidazole rings is 1. The highest BCUT2D eigenvalue weighted by Gasteiger charge is 2.33. The monoisotopic (exact) mass is 492 g/mol. The van der Waals surface area contributed by atoms with Crippen LogP contribution >= 0.6 is 11.6 Å². The van der Waals surface area contributed by atoms with E-state index in [4.69, 9.17) is 11.6 Å². The third-order valence-corrected chi connectivity index (χ3v) is 6.64. The number of aromatic amines is 1. The van der Waals surface area contributed by atoms with Gasteiger partial charge in [-0.3, -0.25) is 4.79 Å². The second-order valence-electron chi connectivity index (χ2n) is 8.46. The number of halogens is 2. The second-order valence-corrected chi connectivity index (χ2v) is 8.87. The van der Waals surface area contributed by atoms with Crippen molar-refractivity contribution in [1.29, 1.82) is 0 Å². The molecule has 0 fully saturated rings.